The maximum absolute atomic E-state index is 13.5. The first-order chi connectivity index (χ1) is 11.4. The van der Waals surface area contributed by atoms with Crippen LogP contribution in [0.3, 0.4) is 0 Å². The molecule has 0 fully saturated rings. The standard InChI is InChI=1S/C17H16F3NO3/c1-2-24-16-4-3-12(5-11(16)9-22)21-17(23)7-10-6-14(19)15(20)8-13(10)18/h3-6,8,22H,2,7,9H2,1H3,(H,21,23). The number of aliphatic hydroxyl groups is 1. The Balaban J connectivity index is 2.11. The third-order valence-corrected chi connectivity index (χ3v) is 3.25. The van der Waals surface area contributed by atoms with Gasteiger partial charge in [0.1, 0.15) is 11.6 Å². The number of aliphatic hydroxyl groups excluding tert-OH is 1. The lowest BCUT2D eigenvalue weighted by molar-refractivity contribution is -0.115. The number of anilines is 1. The highest BCUT2D eigenvalue weighted by molar-refractivity contribution is 5.92. The van der Waals surface area contributed by atoms with E-state index in [2.05, 4.69) is 5.32 Å². The number of benzene rings is 2. The molecule has 1 amide bonds. The maximum Gasteiger partial charge on any atom is 0.228 e. The van der Waals surface area contributed by atoms with E-state index in [0.29, 0.717) is 35.7 Å². The molecule has 0 heterocycles. The Bertz CT molecular complexity index is 750. The van der Waals surface area contributed by atoms with Crippen LogP contribution in [0.15, 0.2) is 30.3 Å². The second-order valence-electron chi connectivity index (χ2n) is 5.00. The molecule has 0 atom stereocenters. The number of carbonyl (C=O) groups is 1. The van der Waals surface area contributed by atoms with Crippen molar-refractivity contribution in [1.82, 2.24) is 0 Å². The van der Waals surface area contributed by atoms with E-state index < -0.39 is 29.8 Å². The minimum Gasteiger partial charge on any atom is -0.494 e. The van der Waals surface area contributed by atoms with Gasteiger partial charge in [0, 0.05) is 22.9 Å². The number of rotatable bonds is 6. The molecule has 0 aliphatic carbocycles. The van der Waals surface area contributed by atoms with Gasteiger partial charge in [0.25, 0.3) is 0 Å². The lowest BCUT2D eigenvalue weighted by Crippen LogP contribution is -2.16. The highest BCUT2D eigenvalue weighted by Gasteiger charge is 2.14. The summed E-state index contributed by atoms with van der Waals surface area (Å²) >= 11 is 0. The van der Waals surface area contributed by atoms with Crippen LogP contribution in [0.2, 0.25) is 0 Å². The molecule has 0 aromatic heterocycles. The van der Waals surface area contributed by atoms with Crippen molar-refractivity contribution < 1.29 is 27.8 Å². The van der Waals surface area contributed by atoms with Gasteiger partial charge in [-0.2, -0.15) is 0 Å². The van der Waals surface area contributed by atoms with Gasteiger partial charge in [0.05, 0.1) is 19.6 Å². The number of hydrogen-bond acceptors (Lipinski definition) is 3. The van der Waals surface area contributed by atoms with E-state index in [4.69, 9.17) is 4.74 Å². The summed E-state index contributed by atoms with van der Waals surface area (Å²) in [5, 5.41) is 11.8. The van der Waals surface area contributed by atoms with Crippen molar-refractivity contribution in [1.29, 1.82) is 0 Å². The number of ether oxygens (including phenoxy) is 1. The van der Waals surface area contributed by atoms with E-state index in [0.717, 1.165) is 0 Å². The van der Waals surface area contributed by atoms with Crippen LogP contribution in [0.4, 0.5) is 18.9 Å². The smallest absolute Gasteiger partial charge is 0.228 e. The molecule has 0 saturated heterocycles. The van der Waals surface area contributed by atoms with E-state index in [1.165, 1.54) is 6.07 Å². The molecule has 2 aromatic rings. The summed E-state index contributed by atoms with van der Waals surface area (Å²) < 4.78 is 44.9. The second-order valence-corrected chi connectivity index (χ2v) is 5.00. The SMILES string of the molecule is CCOc1ccc(NC(=O)Cc2cc(F)c(F)cc2F)cc1CO. The van der Waals surface area contributed by atoms with Crippen molar-refractivity contribution in [2.24, 2.45) is 0 Å². The summed E-state index contributed by atoms with van der Waals surface area (Å²) in [5.41, 5.74) is 0.601. The molecular formula is C17H16F3NO3. The molecule has 2 N–H and O–H groups in total. The number of amides is 1. The molecule has 0 saturated carbocycles. The Kier molecular flexibility index (Phi) is 5.81. The summed E-state index contributed by atoms with van der Waals surface area (Å²) in [6.45, 7) is 1.94. The molecule has 2 rings (SSSR count). The van der Waals surface area contributed by atoms with Crippen LogP contribution in [-0.4, -0.2) is 17.6 Å². The Labute approximate surface area is 136 Å². The monoisotopic (exact) mass is 339 g/mol. The lowest BCUT2D eigenvalue weighted by atomic mass is 10.1. The molecule has 0 spiro atoms. The largest absolute Gasteiger partial charge is 0.494 e. The van der Waals surface area contributed by atoms with Gasteiger partial charge in [-0.25, -0.2) is 13.2 Å². The molecule has 0 aliphatic heterocycles. The normalized spacial score (nSPS) is 10.5. The van der Waals surface area contributed by atoms with Crippen molar-refractivity contribution >= 4 is 11.6 Å². The molecule has 7 heteroatoms. The van der Waals surface area contributed by atoms with Crippen molar-refractivity contribution in [2.75, 3.05) is 11.9 Å². The van der Waals surface area contributed by atoms with Crippen LogP contribution < -0.4 is 10.1 Å². The molecule has 24 heavy (non-hydrogen) atoms. The number of carbonyl (C=O) groups excluding carboxylic acids is 1. The summed E-state index contributed by atoms with van der Waals surface area (Å²) in [4.78, 5) is 12.0. The first kappa shape index (κ1) is 17.8. The van der Waals surface area contributed by atoms with Crippen LogP contribution in [0.25, 0.3) is 0 Å². The van der Waals surface area contributed by atoms with Gasteiger partial charge >= 0.3 is 0 Å². The third kappa shape index (κ3) is 4.26. The zero-order valence-corrected chi connectivity index (χ0v) is 12.9. The number of halogens is 3. The Morgan fingerprint density at radius 1 is 1.08 bits per heavy atom. The number of hydrogen-bond donors (Lipinski definition) is 2. The molecule has 0 bridgehead atoms. The second kappa shape index (κ2) is 7.83. The van der Waals surface area contributed by atoms with E-state index in [1.54, 1.807) is 19.1 Å². The van der Waals surface area contributed by atoms with Gasteiger partial charge in [-0.05, 0) is 31.2 Å². The Morgan fingerprint density at radius 2 is 1.79 bits per heavy atom. The summed E-state index contributed by atoms with van der Waals surface area (Å²) in [6.07, 6.45) is -0.454. The summed E-state index contributed by atoms with van der Waals surface area (Å²) in [5.74, 6) is -3.64. The van der Waals surface area contributed by atoms with Crippen molar-refractivity contribution in [3.63, 3.8) is 0 Å². The zero-order chi connectivity index (χ0) is 17.7. The van der Waals surface area contributed by atoms with E-state index in [1.807, 2.05) is 0 Å². The summed E-state index contributed by atoms with van der Waals surface area (Å²) in [7, 11) is 0. The molecular weight excluding hydrogens is 323 g/mol. The molecule has 2 aromatic carbocycles. The van der Waals surface area contributed by atoms with Crippen LogP contribution >= 0.6 is 0 Å². The van der Waals surface area contributed by atoms with Gasteiger partial charge in [0.2, 0.25) is 5.91 Å². The average Bonchev–Trinajstić information content (AvgIpc) is 2.54. The van der Waals surface area contributed by atoms with Gasteiger partial charge in [0.15, 0.2) is 11.6 Å². The fourth-order valence-corrected chi connectivity index (χ4v) is 2.15. The first-order valence-corrected chi connectivity index (χ1v) is 7.24. The van der Waals surface area contributed by atoms with E-state index in [-0.39, 0.29) is 12.2 Å². The highest BCUT2D eigenvalue weighted by atomic mass is 19.2. The molecule has 0 radical (unpaired) electrons. The zero-order valence-electron chi connectivity index (χ0n) is 12.9. The van der Waals surface area contributed by atoms with Crippen LogP contribution in [0, 0.1) is 17.5 Å². The van der Waals surface area contributed by atoms with Crippen LogP contribution in [0.1, 0.15) is 18.1 Å². The lowest BCUT2D eigenvalue weighted by Gasteiger charge is -2.11. The molecule has 0 aliphatic rings. The topological polar surface area (TPSA) is 58.6 Å². The van der Waals surface area contributed by atoms with E-state index in [9.17, 15) is 23.1 Å². The fraction of sp³-hybridized carbons (Fsp3) is 0.235. The molecule has 0 unspecified atom stereocenters. The molecule has 128 valence electrons. The first-order valence-electron chi connectivity index (χ1n) is 7.24. The van der Waals surface area contributed by atoms with Crippen molar-refractivity contribution in [2.45, 2.75) is 20.0 Å². The highest BCUT2D eigenvalue weighted by Crippen LogP contribution is 2.23. The Hall–Kier alpha value is -2.54. The van der Waals surface area contributed by atoms with Crippen LogP contribution in [0.5, 0.6) is 5.75 Å². The maximum atomic E-state index is 13.5. The minimum absolute atomic E-state index is 0.250. The molecule has 4 nitrogen and oxygen atoms in total. The predicted molar refractivity (Wildman–Crippen MR) is 82.2 cm³/mol. The van der Waals surface area contributed by atoms with Gasteiger partial charge < -0.3 is 15.2 Å². The minimum atomic E-state index is -1.31. The van der Waals surface area contributed by atoms with Gasteiger partial charge in [-0.3, -0.25) is 4.79 Å². The van der Waals surface area contributed by atoms with Crippen LogP contribution in [-0.2, 0) is 17.8 Å². The van der Waals surface area contributed by atoms with Gasteiger partial charge in [-0.1, -0.05) is 0 Å². The predicted octanol–water partition coefficient (Wildman–Crippen LogP) is 3.18. The Morgan fingerprint density at radius 3 is 2.46 bits per heavy atom. The fourth-order valence-electron chi connectivity index (χ4n) is 2.15. The summed E-state index contributed by atoms with van der Waals surface area (Å²) in [6, 6.07) is 5.72. The quantitative estimate of drug-likeness (QED) is 0.795. The van der Waals surface area contributed by atoms with Crippen molar-refractivity contribution in [3.05, 3.63) is 58.9 Å². The van der Waals surface area contributed by atoms with E-state index >= 15 is 0 Å². The third-order valence-electron chi connectivity index (χ3n) is 3.25. The average molecular weight is 339 g/mol. The van der Waals surface area contributed by atoms with Crippen molar-refractivity contribution in [3.8, 4) is 5.75 Å². The van der Waals surface area contributed by atoms with Gasteiger partial charge in [-0.15, -0.1) is 0 Å². The number of nitrogens with one attached hydrogen (secondary N) is 1.